The van der Waals surface area contributed by atoms with Gasteiger partial charge in [-0.1, -0.05) is 5.92 Å². The van der Waals surface area contributed by atoms with Crippen molar-refractivity contribution in [3.63, 3.8) is 0 Å². The Bertz CT molecular complexity index is 430. The highest BCUT2D eigenvalue weighted by molar-refractivity contribution is 5.96. The van der Waals surface area contributed by atoms with Crippen molar-refractivity contribution in [2.75, 3.05) is 6.54 Å². The number of ether oxygens (including phenoxy) is 2. The fraction of sp³-hybridized carbons (Fsp3) is 0.600. The molecular weight excluding hydrogens is 258 g/mol. The summed E-state index contributed by atoms with van der Waals surface area (Å²) in [6, 6.07) is 0. The van der Waals surface area contributed by atoms with Crippen LogP contribution < -0.4 is 5.32 Å². The van der Waals surface area contributed by atoms with Crippen LogP contribution in [0, 0.1) is 12.3 Å². The molecule has 0 aromatic rings. The fourth-order valence-corrected chi connectivity index (χ4v) is 1.11. The summed E-state index contributed by atoms with van der Waals surface area (Å²) in [5, 5.41) is 2.66. The van der Waals surface area contributed by atoms with E-state index in [1.54, 1.807) is 41.5 Å². The monoisotopic (exact) mass is 281 g/mol. The van der Waals surface area contributed by atoms with Crippen LogP contribution >= 0.6 is 0 Å². The molecule has 0 aliphatic carbocycles. The molecule has 0 fully saturated rings. The number of nitrogens with one attached hydrogen (secondary N) is 1. The number of terminal acetylenes is 1. The highest BCUT2D eigenvalue weighted by Gasteiger charge is 2.22. The Balaban J connectivity index is 5.01. The Morgan fingerprint density at radius 2 is 1.60 bits per heavy atom. The lowest BCUT2D eigenvalue weighted by atomic mass is 10.2. The number of carbonyl (C=O) groups is 2. The van der Waals surface area contributed by atoms with E-state index in [-0.39, 0.29) is 12.2 Å². The molecule has 5 heteroatoms. The van der Waals surface area contributed by atoms with Gasteiger partial charge in [0, 0.05) is 0 Å². The Labute approximate surface area is 120 Å². The summed E-state index contributed by atoms with van der Waals surface area (Å²) in [5.74, 6) is 1.04. The van der Waals surface area contributed by atoms with Gasteiger partial charge >= 0.3 is 11.9 Å². The SMILES string of the molecule is C#CCN/C(=C/C(=O)OC(C)(C)C)C(=O)OC(C)(C)C. The normalized spacial score (nSPS) is 12.3. The second-order valence-corrected chi connectivity index (χ2v) is 6.15. The van der Waals surface area contributed by atoms with Crippen LogP contribution in [0.2, 0.25) is 0 Å². The third-order valence-corrected chi connectivity index (χ3v) is 1.67. The topological polar surface area (TPSA) is 64.6 Å². The molecule has 0 aromatic heterocycles. The van der Waals surface area contributed by atoms with Gasteiger partial charge in [-0.15, -0.1) is 6.42 Å². The summed E-state index contributed by atoms with van der Waals surface area (Å²) < 4.78 is 10.3. The Hall–Kier alpha value is -1.96. The van der Waals surface area contributed by atoms with E-state index in [0.29, 0.717) is 0 Å². The summed E-state index contributed by atoms with van der Waals surface area (Å²) in [6.07, 6.45) is 6.18. The van der Waals surface area contributed by atoms with Crippen LogP contribution in [-0.4, -0.2) is 29.7 Å². The molecule has 1 N–H and O–H groups in total. The molecule has 0 aliphatic rings. The molecule has 0 aliphatic heterocycles. The highest BCUT2D eigenvalue weighted by atomic mass is 16.6. The van der Waals surface area contributed by atoms with E-state index in [1.165, 1.54) is 0 Å². The first-order valence-corrected chi connectivity index (χ1v) is 6.30. The zero-order chi connectivity index (χ0) is 16.0. The van der Waals surface area contributed by atoms with E-state index in [1.807, 2.05) is 0 Å². The van der Waals surface area contributed by atoms with E-state index in [9.17, 15) is 9.59 Å². The summed E-state index contributed by atoms with van der Waals surface area (Å²) >= 11 is 0. The minimum Gasteiger partial charge on any atom is -0.457 e. The predicted octanol–water partition coefficient (Wildman–Crippen LogP) is 1.78. The van der Waals surface area contributed by atoms with Gasteiger partial charge in [0.1, 0.15) is 16.9 Å². The molecule has 0 radical (unpaired) electrons. The molecule has 0 saturated carbocycles. The molecule has 0 heterocycles. The van der Waals surface area contributed by atoms with Gasteiger partial charge in [-0.25, -0.2) is 9.59 Å². The van der Waals surface area contributed by atoms with Crippen LogP contribution in [0.1, 0.15) is 41.5 Å². The zero-order valence-corrected chi connectivity index (χ0v) is 13.0. The molecule has 0 amide bonds. The fourth-order valence-electron chi connectivity index (χ4n) is 1.11. The van der Waals surface area contributed by atoms with Crippen LogP contribution in [-0.2, 0) is 19.1 Å². The van der Waals surface area contributed by atoms with Crippen molar-refractivity contribution < 1.29 is 19.1 Å². The van der Waals surface area contributed by atoms with Gasteiger partial charge in [0.25, 0.3) is 0 Å². The summed E-state index contributed by atoms with van der Waals surface area (Å²) in [7, 11) is 0. The quantitative estimate of drug-likeness (QED) is 0.483. The average Bonchev–Trinajstić information content (AvgIpc) is 2.18. The van der Waals surface area contributed by atoms with Crippen molar-refractivity contribution in [3.8, 4) is 12.3 Å². The molecule has 0 atom stereocenters. The van der Waals surface area contributed by atoms with Gasteiger partial charge in [-0.3, -0.25) is 0 Å². The lowest BCUT2D eigenvalue weighted by molar-refractivity contribution is -0.153. The molecule has 0 rings (SSSR count). The van der Waals surface area contributed by atoms with Gasteiger partial charge in [0.2, 0.25) is 0 Å². The van der Waals surface area contributed by atoms with Crippen LogP contribution in [0.3, 0.4) is 0 Å². The zero-order valence-electron chi connectivity index (χ0n) is 13.0. The van der Waals surface area contributed by atoms with E-state index in [2.05, 4.69) is 11.2 Å². The second kappa shape index (κ2) is 6.99. The molecule has 5 nitrogen and oxygen atoms in total. The van der Waals surface area contributed by atoms with E-state index < -0.39 is 23.1 Å². The maximum absolute atomic E-state index is 11.9. The first-order chi connectivity index (χ1) is 8.94. The number of carbonyl (C=O) groups excluding carboxylic acids is 2. The van der Waals surface area contributed by atoms with Crippen LogP contribution in [0.5, 0.6) is 0 Å². The molecule has 0 saturated heterocycles. The maximum atomic E-state index is 11.9. The molecule has 0 unspecified atom stereocenters. The van der Waals surface area contributed by atoms with Gasteiger partial charge in [0.15, 0.2) is 0 Å². The molecule has 0 aromatic carbocycles. The minimum absolute atomic E-state index is 0.0212. The van der Waals surface area contributed by atoms with Gasteiger partial charge in [-0.2, -0.15) is 0 Å². The van der Waals surface area contributed by atoms with Gasteiger partial charge in [0.05, 0.1) is 12.6 Å². The summed E-state index contributed by atoms with van der Waals surface area (Å²) in [6.45, 7) is 10.5. The maximum Gasteiger partial charge on any atom is 0.355 e. The van der Waals surface area contributed by atoms with Crippen molar-refractivity contribution >= 4 is 11.9 Å². The second-order valence-electron chi connectivity index (χ2n) is 6.15. The number of hydrogen-bond donors (Lipinski definition) is 1. The lowest BCUT2D eigenvalue weighted by Crippen LogP contribution is -2.31. The first-order valence-electron chi connectivity index (χ1n) is 6.30. The van der Waals surface area contributed by atoms with Crippen molar-refractivity contribution in [1.82, 2.24) is 5.32 Å². The molecule has 0 bridgehead atoms. The van der Waals surface area contributed by atoms with Crippen LogP contribution in [0.15, 0.2) is 11.8 Å². The molecular formula is C15H23NO4. The largest absolute Gasteiger partial charge is 0.457 e. The average molecular weight is 281 g/mol. The number of hydrogen-bond acceptors (Lipinski definition) is 5. The highest BCUT2D eigenvalue weighted by Crippen LogP contribution is 2.11. The standard InChI is InChI=1S/C15H23NO4/c1-8-9-16-11(13(18)20-15(5,6)7)10-12(17)19-14(2,3)4/h1,10,16H,9H2,2-7H3/b11-10+. The first kappa shape index (κ1) is 18.0. The van der Waals surface area contributed by atoms with Gasteiger partial charge in [-0.05, 0) is 41.5 Å². The summed E-state index contributed by atoms with van der Waals surface area (Å²) in [5.41, 5.74) is -1.33. The molecule has 0 spiro atoms. The summed E-state index contributed by atoms with van der Waals surface area (Å²) in [4.78, 5) is 23.6. The van der Waals surface area contributed by atoms with Crippen molar-refractivity contribution in [1.29, 1.82) is 0 Å². The minimum atomic E-state index is -0.665. The Kier molecular flexibility index (Phi) is 6.31. The third kappa shape index (κ3) is 9.03. The van der Waals surface area contributed by atoms with Crippen molar-refractivity contribution in [3.05, 3.63) is 11.8 Å². The number of rotatable bonds is 4. The van der Waals surface area contributed by atoms with E-state index in [4.69, 9.17) is 15.9 Å². The van der Waals surface area contributed by atoms with Crippen molar-refractivity contribution in [2.24, 2.45) is 0 Å². The molecule has 20 heavy (non-hydrogen) atoms. The van der Waals surface area contributed by atoms with Crippen LogP contribution in [0.25, 0.3) is 0 Å². The van der Waals surface area contributed by atoms with Crippen molar-refractivity contribution in [2.45, 2.75) is 52.7 Å². The Morgan fingerprint density at radius 3 is 2.00 bits per heavy atom. The molecule has 112 valence electrons. The van der Waals surface area contributed by atoms with E-state index >= 15 is 0 Å². The smallest absolute Gasteiger partial charge is 0.355 e. The lowest BCUT2D eigenvalue weighted by Gasteiger charge is -2.21. The van der Waals surface area contributed by atoms with E-state index in [0.717, 1.165) is 6.08 Å². The van der Waals surface area contributed by atoms with Gasteiger partial charge < -0.3 is 14.8 Å². The Morgan fingerprint density at radius 1 is 1.10 bits per heavy atom. The van der Waals surface area contributed by atoms with Crippen LogP contribution in [0.4, 0.5) is 0 Å². The third-order valence-electron chi connectivity index (χ3n) is 1.67. The predicted molar refractivity (Wildman–Crippen MR) is 76.6 cm³/mol. The number of esters is 2.